The van der Waals surface area contributed by atoms with Gasteiger partial charge in [0.1, 0.15) is 5.60 Å². The Kier molecular flexibility index (Phi) is 12.4. The van der Waals surface area contributed by atoms with Gasteiger partial charge in [-0.1, -0.05) is 60.7 Å². The van der Waals surface area contributed by atoms with Crippen LogP contribution in [0.3, 0.4) is 0 Å². The summed E-state index contributed by atoms with van der Waals surface area (Å²) in [6.07, 6.45) is -1.83. The van der Waals surface area contributed by atoms with Gasteiger partial charge in [0.05, 0.1) is 36.3 Å². The molecule has 0 bridgehead atoms. The van der Waals surface area contributed by atoms with Gasteiger partial charge in [0, 0.05) is 13.1 Å². The molecule has 39 heavy (non-hydrogen) atoms. The monoisotopic (exact) mass is 543 g/mol. The zero-order valence-electron chi connectivity index (χ0n) is 23.7. The lowest BCUT2D eigenvalue weighted by molar-refractivity contribution is -0.132. The Morgan fingerprint density at radius 1 is 0.769 bits per heavy atom. The summed E-state index contributed by atoms with van der Waals surface area (Å²) in [7, 11) is 0. The van der Waals surface area contributed by atoms with Crippen LogP contribution in [0.4, 0.5) is 4.79 Å². The number of nitrogens with one attached hydrogen (secondary N) is 3. The Balaban J connectivity index is 2.05. The van der Waals surface area contributed by atoms with Gasteiger partial charge in [-0.05, 0) is 58.6 Å². The number of amides is 2. The van der Waals surface area contributed by atoms with Gasteiger partial charge < -0.3 is 36.0 Å². The Bertz CT molecular complexity index is 1010. The van der Waals surface area contributed by atoms with Crippen LogP contribution in [0.5, 0.6) is 0 Å². The van der Waals surface area contributed by atoms with Gasteiger partial charge in [0.2, 0.25) is 5.91 Å². The second kappa shape index (κ2) is 15.0. The van der Waals surface area contributed by atoms with Crippen LogP contribution in [-0.2, 0) is 22.4 Å². The minimum absolute atomic E-state index is 0.0818. The lowest BCUT2D eigenvalue weighted by atomic mass is 9.92. The third-order valence-electron chi connectivity index (χ3n) is 6.26. The molecule has 9 nitrogen and oxygen atoms in total. The van der Waals surface area contributed by atoms with Crippen molar-refractivity contribution in [2.24, 2.45) is 5.41 Å². The second-order valence-electron chi connectivity index (χ2n) is 11.5. The number of aliphatic hydroxyl groups is 3. The van der Waals surface area contributed by atoms with Crippen molar-refractivity contribution >= 4 is 12.0 Å². The van der Waals surface area contributed by atoms with Crippen LogP contribution < -0.4 is 16.0 Å². The molecular weight excluding hydrogens is 498 g/mol. The molecule has 2 aromatic carbocycles. The topological polar surface area (TPSA) is 140 Å². The van der Waals surface area contributed by atoms with E-state index in [0.29, 0.717) is 12.8 Å². The second-order valence-corrected chi connectivity index (χ2v) is 11.5. The van der Waals surface area contributed by atoms with Gasteiger partial charge >= 0.3 is 6.09 Å². The first-order valence-corrected chi connectivity index (χ1v) is 13.4. The van der Waals surface area contributed by atoms with Gasteiger partial charge in [-0.3, -0.25) is 4.79 Å². The van der Waals surface area contributed by atoms with Gasteiger partial charge in [0.15, 0.2) is 0 Å². The van der Waals surface area contributed by atoms with Gasteiger partial charge in [-0.25, -0.2) is 4.79 Å². The number of hydrogen-bond acceptors (Lipinski definition) is 7. The summed E-state index contributed by atoms with van der Waals surface area (Å²) in [5.41, 5.74) is 0.191. The minimum Gasteiger partial charge on any atom is -0.444 e. The quantitative estimate of drug-likeness (QED) is 0.215. The van der Waals surface area contributed by atoms with Crippen LogP contribution in [0.1, 0.15) is 45.7 Å². The van der Waals surface area contributed by atoms with Crippen molar-refractivity contribution in [3.05, 3.63) is 71.8 Å². The molecule has 0 heterocycles. The van der Waals surface area contributed by atoms with E-state index in [0.717, 1.165) is 11.1 Å². The first-order valence-electron chi connectivity index (χ1n) is 13.4. The number of benzene rings is 2. The number of carbonyl (C=O) groups excluding carboxylic acids is 2. The van der Waals surface area contributed by atoms with E-state index in [4.69, 9.17) is 4.74 Å². The average Bonchev–Trinajstić information content (AvgIpc) is 2.87. The van der Waals surface area contributed by atoms with Crippen LogP contribution in [0.25, 0.3) is 0 Å². The molecule has 0 saturated carbocycles. The van der Waals surface area contributed by atoms with Crippen molar-refractivity contribution in [2.75, 3.05) is 19.7 Å². The fourth-order valence-electron chi connectivity index (χ4n) is 3.86. The zero-order valence-corrected chi connectivity index (χ0v) is 23.7. The molecule has 0 aromatic heterocycles. The highest BCUT2D eigenvalue weighted by Crippen LogP contribution is 2.16. The Morgan fingerprint density at radius 2 is 1.21 bits per heavy atom. The Labute approximate surface area is 232 Å². The largest absolute Gasteiger partial charge is 0.444 e. The van der Waals surface area contributed by atoms with Crippen molar-refractivity contribution in [1.82, 2.24) is 16.0 Å². The van der Waals surface area contributed by atoms with E-state index >= 15 is 0 Å². The summed E-state index contributed by atoms with van der Waals surface area (Å²) in [5.74, 6) is -0.366. The van der Waals surface area contributed by atoms with Crippen LogP contribution in [0.15, 0.2) is 60.7 Å². The van der Waals surface area contributed by atoms with E-state index in [9.17, 15) is 24.9 Å². The Hall–Kier alpha value is -2.98. The van der Waals surface area contributed by atoms with Gasteiger partial charge in [0.25, 0.3) is 0 Å². The lowest BCUT2D eigenvalue weighted by Crippen LogP contribution is -2.54. The number of carbonyl (C=O) groups is 2. The molecule has 2 aromatic rings. The van der Waals surface area contributed by atoms with Crippen LogP contribution in [-0.4, -0.2) is 76.9 Å². The maximum atomic E-state index is 12.8. The normalized spacial score (nSPS) is 15.1. The molecule has 2 amide bonds. The molecule has 4 atom stereocenters. The molecule has 0 saturated heterocycles. The molecule has 6 N–H and O–H groups in total. The third-order valence-corrected chi connectivity index (χ3v) is 6.26. The molecule has 2 rings (SSSR count). The fourth-order valence-corrected chi connectivity index (χ4v) is 3.86. The molecule has 0 aliphatic carbocycles. The van der Waals surface area contributed by atoms with Crippen LogP contribution >= 0.6 is 0 Å². The number of aliphatic hydroxyl groups excluding tert-OH is 3. The highest BCUT2D eigenvalue weighted by Gasteiger charge is 2.31. The van der Waals surface area contributed by atoms with E-state index in [1.807, 2.05) is 60.7 Å². The number of hydrogen-bond donors (Lipinski definition) is 6. The van der Waals surface area contributed by atoms with E-state index in [1.54, 1.807) is 34.6 Å². The van der Waals surface area contributed by atoms with Crippen LogP contribution in [0, 0.1) is 5.41 Å². The van der Waals surface area contributed by atoms with Crippen molar-refractivity contribution in [1.29, 1.82) is 0 Å². The summed E-state index contributed by atoms with van der Waals surface area (Å²) >= 11 is 0. The van der Waals surface area contributed by atoms with Crippen molar-refractivity contribution in [3.8, 4) is 0 Å². The van der Waals surface area contributed by atoms with E-state index in [2.05, 4.69) is 16.0 Å². The van der Waals surface area contributed by atoms with Crippen molar-refractivity contribution < 1.29 is 29.6 Å². The molecular formula is C30H45N3O6. The third kappa shape index (κ3) is 11.7. The van der Waals surface area contributed by atoms with E-state index in [-0.39, 0.29) is 25.6 Å². The number of ether oxygens (including phenoxy) is 1. The average molecular weight is 544 g/mol. The number of rotatable bonds is 14. The first kappa shape index (κ1) is 32.2. The zero-order chi connectivity index (χ0) is 29.1. The molecule has 0 aliphatic heterocycles. The smallest absolute Gasteiger partial charge is 0.407 e. The molecule has 216 valence electrons. The van der Waals surface area contributed by atoms with E-state index < -0.39 is 41.4 Å². The summed E-state index contributed by atoms with van der Waals surface area (Å²) in [4.78, 5) is 25.2. The maximum Gasteiger partial charge on any atom is 0.407 e. The fraction of sp³-hybridized carbons (Fsp3) is 0.533. The highest BCUT2D eigenvalue weighted by molar-refractivity contribution is 5.82. The van der Waals surface area contributed by atoms with Crippen LogP contribution in [0.2, 0.25) is 0 Å². The van der Waals surface area contributed by atoms with Gasteiger partial charge in [-0.2, -0.15) is 0 Å². The molecule has 0 fully saturated rings. The first-order chi connectivity index (χ1) is 18.3. The van der Waals surface area contributed by atoms with Crippen molar-refractivity contribution in [3.63, 3.8) is 0 Å². The molecule has 0 aliphatic rings. The molecule has 9 heteroatoms. The Morgan fingerprint density at radius 3 is 1.62 bits per heavy atom. The highest BCUT2D eigenvalue weighted by atomic mass is 16.6. The summed E-state index contributed by atoms with van der Waals surface area (Å²) in [5, 5.41) is 40.3. The summed E-state index contributed by atoms with van der Waals surface area (Å²) in [6, 6.07) is 17.7. The molecule has 0 radical (unpaired) electrons. The maximum absolute atomic E-state index is 12.8. The molecule has 0 unspecified atom stereocenters. The van der Waals surface area contributed by atoms with Gasteiger partial charge in [-0.15, -0.1) is 0 Å². The molecule has 0 spiro atoms. The van der Waals surface area contributed by atoms with Crippen molar-refractivity contribution in [2.45, 2.75) is 77.4 Å². The predicted octanol–water partition coefficient (Wildman–Crippen LogP) is 2.18. The van der Waals surface area contributed by atoms with E-state index in [1.165, 1.54) is 0 Å². The predicted molar refractivity (Wildman–Crippen MR) is 151 cm³/mol. The minimum atomic E-state index is -1.00. The lowest BCUT2D eigenvalue weighted by Gasteiger charge is -2.30. The SMILES string of the molecule is CC(C)(C)OC(=O)N[C@@H](Cc1ccccc1)[C@H](O)CNC[C@@H](O)[C@H](Cc1ccccc1)NC(=O)C(C)(C)CO. The summed E-state index contributed by atoms with van der Waals surface area (Å²) in [6.45, 7) is 8.41. The standard InChI is InChI=1S/C30H45N3O6/c1-29(2,3)39-28(38)33-24(17-22-14-10-7-11-15-22)26(36)19-31-18-25(35)23(16-21-12-8-6-9-13-21)32-27(37)30(4,5)20-34/h6-15,23-26,31,34-36H,16-20H2,1-5H3,(H,32,37)(H,33,38)/t23-,24-,25+,26+/m0/s1. The summed E-state index contributed by atoms with van der Waals surface area (Å²) < 4.78 is 5.38. The number of alkyl carbamates (subject to hydrolysis) is 1.